The highest BCUT2D eigenvalue weighted by atomic mass is 16.5. The van der Waals surface area contributed by atoms with Gasteiger partial charge in [-0.1, -0.05) is 13.8 Å². The van der Waals surface area contributed by atoms with Gasteiger partial charge in [0.15, 0.2) is 0 Å². The van der Waals surface area contributed by atoms with Crippen LogP contribution in [-0.2, 0) is 9.53 Å². The number of hydrogen-bond acceptors (Lipinski definition) is 3. The average molecular weight is 228 g/mol. The fourth-order valence-electron chi connectivity index (χ4n) is 2.01. The van der Waals surface area contributed by atoms with Gasteiger partial charge in [0.25, 0.3) is 0 Å². The van der Waals surface area contributed by atoms with Gasteiger partial charge in [0, 0.05) is 25.2 Å². The van der Waals surface area contributed by atoms with Crippen molar-refractivity contribution in [1.82, 2.24) is 5.32 Å². The van der Waals surface area contributed by atoms with Crippen molar-refractivity contribution in [2.24, 2.45) is 17.6 Å². The maximum atomic E-state index is 12.0. The Bertz CT molecular complexity index is 213. The molecular formula is C12H24N2O2. The van der Waals surface area contributed by atoms with E-state index in [0.717, 1.165) is 19.3 Å². The van der Waals surface area contributed by atoms with E-state index in [0.29, 0.717) is 25.7 Å². The van der Waals surface area contributed by atoms with E-state index < -0.39 is 0 Å². The van der Waals surface area contributed by atoms with E-state index in [1.807, 2.05) is 0 Å². The lowest BCUT2D eigenvalue weighted by molar-refractivity contribution is -0.128. The molecule has 94 valence electrons. The molecule has 1 amide bonds. The summed E-state index contributed by atoms with van der Waals surface area (Å²) in [5, 5.41) is 3.11. The maximum absolute atomic E-state index is 12.0. The van der Waals surface area contributed by atoms with E-state index in [9.17, 15) is 4.79 Å². The van der Waals surface area contributed by atoms with Crippen LogP contribution >= 0.6 is 0 Å². The first kappa shape index (κ1) is 13.5. The minimum absolute atomic E-state index is 0.132. The molecule has 4 nitrogen and oxygen atoms in total. The van der Waals surface area contributed by atoms with Crippen molar-refractivity contribution in [3.8, 4) is 0 Å². The van der Waals surface area contributed by atoms with E-state index in [2.05, 4.69) is 19.2 Å². The highest BCUT2D eigenvalue weighted by Gasteiger charge is 2.24. The Morgan fingerprint density at radius 1 is 1.44 bits per heavy atom. The quantitative estimate of drug-likeness (QED) is 0.735. The van der Waals surface area contributed by atoms with Crippen molar-refractivity contribution in [2.75, 3.05) is 19.8 Å². The summed E-state index contributed by atoms with van der Waals surface area (Å²) in [5.41, 5.74) is 5.55. The van der Waals surface area contributed by atoms with E-state index in [-0.39, 0.29) is 17.9 Å². The molecule has 0 aromatic heterocycles. The Morgan fingerprint density at radius 3 is 2.56 bits per heavy atom. The Balaban J connectivity index is 2.40. The summed E-state index contributed by atoms with van der Waals surface area (Å²) in [6, 6.07) is 0.209. The molecule has 16 heavy (non-hydrogen) atoms. The number of hydrogen-bond donors (Lipinski definition) is 2. The zero-order valence-electron chi connectivity index (χ0n) is 10.4. The van der Waals surface area contributed by atoms with Gasteiger partial charge >= 0.3 is 0 Å². The topological polar surface area (TPSA) is 64.3 Å². The normalized spacial score (nSPS) is 19.8. The molecule has 3 N–H and O–H groups in total. The smallest absolute Gasteiger partial charge is 0.223 e. The molecule has 1 rings (SSSR count). The number of nitrogens with two attached hydrogens (primary N) is 1. The summed E-state index contributed by atoms with van der Waals surface area (Å²) in [5.74, 6) is 0.746. The fraction of sp³-hybridized carbons (Fsp3) is 0.917. The lowest BCUT2D eigenvalue weighted by Gasteiger charge is -2.26. The molecule has 1 aliphatic heterocycles. The zero-order valence-corrected chi connectivity index (χ0v) is 10.4. The third kappa shape index (κ3) is 4.10. The van der Waals surface area contributed by atoms with Crippen LogP contribution in [0.4, 0.5) is 0 Å². The van der Waals surface area contributed by atoms with Crippen molar-refractivity contribution >= 4 is 5.91 Å². The van der Waals surface area contributed by atoms with Crippen LogP contribution in [-0.4, -0.2) is 31.7 Å². The molecule has 1 heterocycles. The van der Waals surface area contributed by atoms with E-state index in [4.69, 9.17) is 10.5 Å². The molecule has 0 spiro atoms. The second-order valence-corrected chi connectivity index (χ2v) is 4.82. The monoisotopic (exact) mass is 228 g/mol. The molecule has 0 aromatic carbocycles. The number of nitrogens with one attached hydrogen (secondary N) is 1. The Labute approximate surface area is 97.9 Å². The summed E-state index contributed by atoms with van der Waals surface area (Å²) < 4.78 is 5.25. The molecular weight excluding hydrogens is 204 g/mol. The molecule has 0 saturated carbocycles. The molecule has 1 saturated heterocycles. The Morgan fingerprint density at radius 2 is 2.06 bits per heavy atom. The Hall–Kier alpha value is -0.610. The van der Waals surface area contributed by atoms with Gasteiger partial charge in [0.2, 0.25) is 5.91 Å². The molecule has 0 aliphatic carbocycles. The van der Waals surface area contributed by atoms with Crippen LogP contribution in [0.3, 0.4) is 0 Å². The van der Waals surface area contributed by atoms with Crippen LogP contribution in [0.25, 0.3) is 0 Å². The number of rotatable bonds is 5. The highest BCUT2D eigenvalue weighted by Crippen LogP contribution is 2.16. The van der Waals surface area contributed by atoms with Crippen molar-refractivity contribution in [1.29, 1.82) is 0 Å². The van der Waals surface area contributed by atoms with Crippen molar-refractivity contribution in [3.63, 3.8) is 0 Å². The van der Waals surface area contributed by atoms with Gasteiger partial charge in [0.1, 0.15) is 0 Å². The predicted molar refractivity (Wildman–Crippen MR) is 64.0 cm³/mol. The van der Waals surface area contributed by atoms with Crippen LogP contribution in [0.5, 0.6) is 0 Å². The number of carbonyl (C=O) groups is 1. The molecule has 0 radical (unpaired) electrons. The zero-order chi connectivity index (χ0) is 12.0. The molecule has 1 fully saturated rings. The first-order chi connectivity index (χ1) is 7.65. The summed E-state index contributed by atoms with van der Waals surface area (Å²) in [4.78, 5) is 12.0. The third-order valence-corrected chi connectivity index (χ3v) is 3.20. The second-order valence-electron chi connectivity index (χ2n) is 4.82. The highest BCUT2D eigenvalue weighted by molar-refractivity contribution is 5.79. The standard InChI is InChI=1S/C12H24N2O2/c1-9(2)11(3-6-13)14-12(15)10-4-7-16-8-5-10/h9-11H,3-8,13H2,1-2H3,(H,14,15). The average Bonchev–Trinajstić information content (AvgIpc) is 2.29. The maximum Gasteiger partial charge on any atom is 0.223 e. The first-order valence-electron chi connectivity index (χ1n) is 6.23. The Kier molecular flexibility index (Phi) is 5.77. The van der Waals surface area contributed by atoms with E-state index >= 15 is 0 Å². The molecule has 4 heteroatoms. The van der Waals surface area contributed by atoms with Crippen molar-refractivity contribution < 1.29 is 9.53 Å². The van der Waals surface area contributed by atoms with Crippen molar-refractivity contribution in [3.05, 3.63) is 0 Å². The molecule has 1 unspecified atom stereocenters. The largest absolute Gasteiger partial charge is 0.381 e. The van der Waals surface area contributed by atoms with Gasteiger partial charge in [-0.2, -0.15) is 0 Å². The number of ether oxygens (including phenoxy) is 1. The molecule has 1 atom stereocenters. The summed E-state index contributed by atoms with van der Waals surface area (Å²) >= 11 is 0. The van der Waals surface area contributed by atoms with Crippen molar-refractivity contribution in [2.45, 2.75) is 39.2 Å². The molecule has 1 aliphatic rings. The third-order valence-electron chi connectivity index (χ3n) is 3.20. The van der Waals surface area contributed by atoms with Gasteiger partial charge in [-0.15, -0.1) is 0 Å². The molecule has 0 bridgehead atoms. The first-order valence-corrected chi connectivity index (χ1v) is 6.23. The van der Waals surface area contributed by atoms with E-state index in [1.54, 1.807) is 0 Å². The van der Waals surface area contributed by atoms with Crippen LogP contribution in [0, 0.1) is 11.8 Å². The fourth-order valence-corrected chi connectivity index (χ4v) is 2.01. The SMILES string of the molecule is CC(C)C(CCN)NC(=O)C1CCOCC1. The van der Waals surface area contributed by atoms with Gasteiger partial charge in [-0.25, -0.2) is 0 Å². The van der Waals surface area contributed by atoms with Gasteiger partial charge in [-0.3, -0.25) is 4.79 Å². The van der Waals surface area contributed by atoms with Crippen LogP contribution in [0.1, 0.15) is 33.1 Å². The van der Waals surface area contributed by atoms with Crippen LogP contribution in [0.2, 0.25) is 0 Å². The second kappa shape index (κ2) is 6.86. The van der Waals surface area contributed by atoms with Crippen LogP contribution in [0.15, 0.2) is 0 Å². The summed E-state index contributed by atoms with van der Waals surface area (Å²) in [7, 11) is 0. The van der Waals surface area contributed by atoms with E-state index in [1.165, 1.54) is 0 Å². The van der Waals surface area contributed by atoms with Gasteiger partial charge in [-0.05, 0) is 31.7 Å². The minimum atomic E-state index is 0.132. The van der Waals surface area contributed by atoms with Gasteiger partial charge in [0.05, 0.1) is 0 Å². The summed E-state index contributed by atoms with van der Waals surface area (Å²) in [6.45, 7) is 6.27. The summed E-state index contributed by atoms with van der Waals surface area (Å²) in [6.07, 6.45) is 2.55. The lowest BCUT2D eigenvalue weighted by Crippen LogP contribution is -2.44. The van der Waals surface area contributed by atoms with Gasteiger partial charge < -0.3 is 15.8 Å². The van der Waals surface area contributed by atoms with Crippen LogP contribution < -0.4 is 11.1 Å². The predicted octanol–water partition coefficient (Wildman–Crippen LogP) is 0.903. The number of amides is 1. The molecule has 0 aromatic rings. The lowest BCUT2D eigenvalue weighted by atomic mass is 9.96. The number of carbonyl (C=O) groups excluding carboxylic acids is 1. The minimum Gasteiger partial charge on any atom is -0.381 e.